The molecule has 0 atom stereocenters. The standard InChI is InChI=1S/C13H14N2/c1-9-7-8-11-5-3-4-6-12(11)13(9)15-10(2)14/h3-8,15H,2,14H2,1H3. The number of rotatable bonds is 2. The minimum Gasteiger partial charge on any atom is -0.386 e. The molecule has 0 aromatic heterocycles. The van der Waals surface area contributed by atoms with E-state index in [0.717, 1.165) is 5.69 Å². The largest absolute Gasteiger partial charge is 0.386 e. The number of nitrogens with two attached hydrogens (primary N) is 1. The van der Waals surface area contributed by atoms with Gasteiger partial charge in [-0.1, -0.05) is 43.0 Å². The third-order valence-electron chi connectivity index (χ3n) is 2.42. The molecule has 0 aliphatic heterocycles. The Balaban J connectivity index is 2.68. The van der Waals surface area contributed by atoms with Crippen LogP contribution >= 0.6 is 0 Å². The lowest BCUT2D eigenvalue weighted by atomic mass is 10.0. The molecule has 0 radical (unpaired) electrons. The molecule has 2 nitrogen and oxygen atoms in total. The Hall–Kier alpha value is -1.96. The number of anilines is 1. The fourth-order valence-electron chi connectivity index (χ4n) is 1.71. The summed E-state index contributed by atoms with van der Waals surface area (Å²) in [5.74, 6) is 0.467. The summed E-state index contributed by atoms with van der Waals surface area (Å²) in [5.41, 5.74) is 7.79. The summed E-state index contributed by atoms with van der Waals surface area (Å²) < 4.78 is 0. The lowest BCUT2D eigenvalue weighted by molar-refractivity contribution is 1.32. The summed E-state index contributed by atoms with van der Waals surface area (Å²) in [7, 11) is 0. The molecule has 0 spiro atoms. The molecule has 0 saturated carbocycles. The Morgan fingerprint density at radius 1 is 1.20 bits per heavy atom. The van der Waals surface area contributed by atoms with E-state index in [4.69, 9.17) is 5.73 Å². The summed E-state index contributed by atoms with van der Waals surface area (Å²) in [6.07, 6.45) is 0. The van der Waals surface area contributed by atoms with E-state index in [1.165, 1.54) is 16.3 Å². The molecule has 2 rings (SSSR count). The number of fused-ring (bicyclic) bond motifs is 1. The van der Waals surface area contributed by atoms with E-state index in [-0.39, 0.29) is 0 Å². The molecule has 0 amide bonds. The molecule has 15 heavy (non-hydrogen) atoms. The topological polar surface area (TPSA) is 38.0 Å². The molecule has 0 fully saturated rings. The molecule has 0 unspecified atom stereocenters. The number of hydrogen-bond donors (Lipinski definition) is 2. The Bertz CT molecular complexity index is 515. The van der Waals surface area contributed by atoms with Crippen molar-refractivity contribution in [2.24, 2.45) is 5.73 Å². The highest BCUT2D eigenvalue weighted by atomic mass is 15.0. The van der Waals surface area contributed by atoms with Crippen molar-refractivity contribution >= 4 is 16.5 Å². The fraction of sp³-hybridized carbons (Fsp3) is 0.0769. The minimum absolute atomic E-state index is 0.467. The van der Waals surface area contributed by atoms with Gasteiger partial charge in [-0.2, -0.15) is 0 Å². The van der Waals surface area contributed by atoms with Crippen molar-refractivity contribution in [1.82, 2.24) is 0 Å². The van der Waals surface area contributed by atoms with Crippen molar-refractivity contribution in [3.05, 3.63) is 54.4 Å². The maximum absolute atomic E-state index is 5.58. The maximum atomic E-state index is 5.58. The maximum Gasteiger partial charge on any atom is 0.0930 e. The zero-order valence-electron chi connectivity index (χ0n) is 8.75. The molecule has 0 saturated heterocycles. The zero-order chi connectivity index (χ0) is 10.8. The predicted molar refractivity (Wildman–Crippen MR) is 65.6 cm³/mol. The molecule has 76 valence electrons. The Kier molecular flexibility index (Phi) is 2.34. The van der Waals surface area contributed by atoms with Crippen LogP contribution in [0, 0.1) is 6.92 Å². The second-order valence-electron chi connectivity index (χ2n) is 3.63. The van der Waals surface area contributed by atoms with Crippen LogP contribution in [0.15, 0.2) is 48.8 Å². The van der Waals surface area contributed by atoms with Gasteiger partial charge in [-0.3, -0.25) is 0 Å². The van der Waals surface area contributed by atoms with E-state index in [2.05, 4.69) is 43.1 Å². The minimum atomic E-state index is 0.467. The molecule has 2 aromatic rings. The average Bonchev–Trinajstić information content (AvgIpc) is 2.22. The summed E-state index contributed by atoms with van der Waals surface area (Å²) in [4.78, 5) is 0. The van der Waals surface area contributed by atoms with E-state index in [1.54, 1.807) is 0 Å². The first kappa shape index (κ1) is 9.59. The quantitative estimate of drug-likeness (QED) is 0.778. The van der Waals surface area contributed by atoms with Crippen molar-refractivity contribution in [2.45, 2.75) is 6.92 Å². The lowest BCUT2D eigenvalue weighted by Gasteiger charge is -2.12. The van der Waals surface area contributed by atoms with E-state index < -0.39 is 0 Å². The fourth-order valence-corrected chi connectivity index (χ4v) is 1.71. The number of nitrogens with one attached hydrogen (secondary N) is 1. The first-order valence-corrected chi connectivity index (χ1v) is 4.88. The first-order valence-electron chi connectivity index (χ1n) is 4.88. The third-order valence-corrected chi connectivity index (χ3v) is 2.42. The van der Waals surface area contributed by atoms with Gasteiger partial charge in [-0.05, 0) is 17.9 Å². The Morgan fingerprint density at radius 2 is 1.93 bits per heavy atom. The Labute approximate surface area is 89.4 Å². The van der Waals surface area contributed by atoms with Crippen molar-refractivity contribution in [1.29, 1.82) is 0 Å². The van der Waals surface area contributed by atoms with E-state index in [9.17, 15) is 0 Å². The smallest absolute Gasteiger partial charge is 0.0930 e. The van der Waals surface area contributed by atoms with Gasteiger partial charge in [-0.15, -0.1) is 0 Å². The third kappa shape index (κ3) is 1.79. The van der Waals surface area contributed by atoms with Crippen LogP contribution in [0.2, 0.25) is 0 Å². The van der Waals surface area contributed by atoms with Gasteiger partial charge in [0.25, 0.3) is 0 Å². The van der Waals surface area contributed by atoms with Gasteiger partial charge < -0.3 is 11.1 Å². The summed E-state index contributed by atoms with van der Waals surface area (Å²) in [6, 6.07) is 12.4. The van der Waals surface area contributed by atoms with Crippen molar-refractivity contribution in [3.63, 3.8) is 0 Å². The van der Waals surface area contributed by atoms with Crippen LogP contribution in [0.5, 0.6) is 0 Å². The van der Waals surface area contributed by atoms with Gasteiger partial charge in [0.05, 0.1) is 11.5 Å². The normalized spacial score (nSPS) is 10.2. The molecule has 0 heterocycles. The van der Waals surface area contributed by atoms with Crippen LogP contribution in [0.1, 0.15) is 5.56 Å². The van der Waals surface area contributed by atoms with Crippen LogP contribution in [-0.4, -0.2) is 0 Å². The number of hydrogen-bond acceptors (Lipinski definition) is 2. The summed E-state index contributed by atoms with van der Waals surface area (Å²) in [6.45, 7) is 5.72. The first-order chi connectivity index (χ1) is 7.18. The van der Waals surface area contributed by atoms with Crippen molar-refractivity contribution in [2.75, 3.05) is 5.32 Å². The van der Waals surface area contributed by atoms with Crippen LogP contribution in [-0.2, 0) is 0 Å². The molecule has 0 aliphatic rings. The van der Waals surface area contributed by atoms with Gasteiger partial charge >= 0.3 is 0 Å². The molecular weight excluding hydrogens is 184 g/mol. The highest BCUT2D eigenvalue weighted by Gasteiger charge is 2.03. The molecule has 3 N–H and O–H groups in total. The molecule has 2 aromatic carbocycles. The predicted octanol–water partition coefficient (Wildman–Crippen LogP) is 2.99. The lowest BCUT2D eigenvalue weighted by Crippen LogP contribution is -2.08. The Morgan fingerprint density at radius 3 is 2.67 bits per heavy atom. The van der Waals surface area contributed by atoms with Gasteiger partial charge in [0.1, 0.15) is 0 Å². The second kappa shape index (κ2) is 3.65. The molecule has 0 bridgehead atoms. The summed E-state index contributed by atoms with van der Waals surface area (Å²) in [5, 5.41) is 5.47. The molecular formula is C13H14N2. The number of aryl methyl sites for hydroxylation is 1. The SMILES string of the molecule is C=C(N)Nc1c(C)ccc2ccccc12. The second-order valence-corrected chi connectivity index (χ2v) is 3.63. The van der Waals surface area contributed by atoms with Crippen LogP contribution in [0.25, 0.3) is 10.8 Å². The highest BCUT2D eigenvalue weighted by Crippen LogP contribution is 2.27. The van der Waals surface area contributed by atoms with E-state index in [1.807, 2.05) is 12.1 Å². The molecule has 2 heteroatoms. The van der Waals surface area contributed by atoms with E-state index >= 15 is 0 Å². The van der Waals surface area contributed by atoms with Gasteiger partial charge in [0.15, 0.2) is 0 Å². The highest BCUT2D eigenvalue weighted by molar-refractivity contribution is 5.95. The van der Waals surface area contributed by atoms with Gasteiger partial charge in [-0.25, -0.2) is 0 Å². The van der Waals surface area contributed by atoms with E-state index in [0.29, 0.717) is 5.82 Å². The van der Waals surface area contributed by atoms with Crippen molar-refractivity contribution in [3.8, 4) is 0 Å². The number of benzene rings is 2. The average molecular weight is 198 g/mol. The van der Waals surface area contributed by atoms with Crippen molar-refractivity contribution < 1.29 is 0 Å². The molecule has 0 aliphatic carbocycles. The van der Waals surface area contributed by atoms with Crippen LogP contribution < -0.4 is 11.1 Å². The summed E-state index contributed by atoms with van der Waals surface area (Å²) >= 11 is 0. The van der Waals surface area contributed by atoms with Crippen LogP contribution in [0.4, 0.5) is 5.69 Å². The van der Waals surface area contributed by atoms with Gasteiger partial charge in [0.2, 0.25) is 0 Å². The van der Waals surface area contributed by atoms with Gasteiger partial charge in [0, 0.05) is 5.39 Å². The zero-order valence-corrected chi connectivity index (χ0v) is 8.75. The monoisotopic (exact) mass is 198 g/mol. The van der Waals surface area contributed by atoms with Crippen LogP contribution in [0.3, 0.4) is 0 Å².